The first-order valence-electron chi connectivity index (χ1n) is 13.5. The number of fused-ring (bicyclic) bond motifs is 3. The summed E-state index contributed by atoms with van der Waals surface area (Å²) in [5.74, 6) is 1.35. The van der Waals surface area contributed by atoms with Crippen molar-refractivity contribution in [3.8, 4) is 22.7 Å². The highest BCUT2D eigenvalue weighted by Crippen LogP contribution is 2.30. The van der Waals surface area contributed by atoms with Gasteiger partial charge in [0.15, 0.2) is 11.2 Å². The Hall–Kier alpha value is -4.07. The molecular formula is C30H35N5O3. The summed E-state index contributed by atoms with van der Waals surface area (Å²) in [6.45, 7) is 4.78. The van der Waals surface area contributed by atoms with Crippen LogP contribution in [0.2, 0.25) is 0 Å². The first-order chi connectivity index (χ1) is 18.4. The van der Waals surface area contributed by atoms with Crippen LogP contribution in [0, 0.1) is 0 Å². The standard InChI is InChI=1S/C30H35N5O3/c1-5-7-8-9-10-11-21-12-14-22(15-13-21)25-20-34-26-27(32(3)30(37)33(4)28(26)36)31-29(34)35(25)23-16-18-24(19-17-23)38-6-2/h12-20H,5-11H2,1-4H3. The van der Waals surface area contributed by atoms with Gasteiger partial charge in [0.25, 0.3) is 5.56 Å². The molecule has 0 saturated carbocycles. The van der Waals surface area contributed by atoms with Crippen LogP contribution in [-0.2, 0) is 20.5 Å². The second-order valence-corrected chi connectivity index (χ2v) is 9.80. The summed E-state index contributed by atoms with van der Waals surface area (Å²) in [5.41, 5.74) is 4.10. The van der Waals surface area contributed by atoms with E-state index < -0.39 is 5.69 Å². The molecule has 8 nitrogen and oxygen atoms in total. The predicted octanol–water partition coefficient (Wildman–Crippen LogP) is 5.25. The SMILES string of the molecule is CCCCCCCc1ccc(-c2cn3c4c(=O)n(C)c(=O)n(C)c4nc3n2-c2ccc(OCC)cc2)cc1. The van der Waals surface area contributed by atoms with E-state index in [1.54, 1.807) is 11.4 Å². The highest BCUT2D eigenvalue weighted by molar-refractivity contribution is 5.79. The predicted molar refractivity (Wildman–Crippen MR) is 152 cm³/mol. The Morgan fingerprint density at radius 2 is 1.55 bits per heavy atom. The molecule has 0 unspecified atom stereocenters. The molecule has 38 heavy (non-hydrogen) atoms. The molecule has 8 heteroatoms. The van der Waals surface area contributed by atoms with Crippen molar-refractivity contribution < 1.29 is 4.74 Å². The number of imidazole rings is 2. The quantitative estimate of drug-likeness (QED) is 0.239. The smallest absolute Gasteiger partial charge is 0.332 e. The zero-order valence-corrected chi connectivity index (χ0v) is 22.6. The summed E-state index contributed by atoms with van der Waals surface area (Å²) in [5, 5.41) is 0. The van der Waals surface area contributed by atoms with Crippen molar-refractivity contribution in [2.75, 3.05) is 6.61 Å². The molecule has 0 bridgehead atoms. The highest BCUT2D eigenvalue weighted by atomic mass is 16.5. The summed E-state index contributed by atoms with van der Waals surface area (Å²) in [7, 11) is 3.13. The highest BCUT2D eigenvalue weighted by Gasteiger charge is 2.21. The lowest BCUT2D eigenvalue weighted by Gasteiger charge is -2.11. The number of nitrogens with zero attached hydrogens (tertiary/aromatic N) is 5. The van der Waals surface area contributed by atoms with Crippen molar-refractivity contribution in [3.05, 3.63) is 81.1 Å². The van der Waals surface area contributed by atoms with Crippen molar-refractivity contribution in [1.82, 2.24) is 23.1 Å². The number of aryl methyl sites for hydroxylation is 2. The Balaban J connectivity index is 1.63. The molecular weight excluding hydrogens is 478 g/mol. The Morgan fingerprint density at radius 3 is 2.24 bits per heavy atom. The van der Waals surface area contributed by atoms with Crippen molar-refractivity contribution in [3.63, 3.8) is 0 Å². The summed E-state index contributed by atoms with van der Waals surface area (Å²) in [4.78, 5) is 30.5. The zero-order valence-electron chi connectivity index (χ0n) is 22.6. The van der Waals surface area contributed by atoms with Crippen LogP contribution in [0.5, 0.6) is 5.75 Å². The molecule has 3 heterocycles. The van der Waals surface area contributed by atoms with Crippen molar-refractivity contribution in [2.24, 2.45) is 14.1 Å². The summed E-state index contributed by atoms with van der Waals surface area (Å²) in [6.07, 6.45) is 9.32. The minimum Gasteiger partial charge on any atom is -0.494 e. The Kier molecular flexibility index (Phi) is 7.22. The molecule has 0 radical (unpaired) electrons. The number of rotatable bonds is 10. The third-order valence-electron chi connectivity index (χ3n) is 7.19. The Bertz CT molecular complexity index is 1690. The molecule has 0 fully saturated rings. The molecule has 198 valence electrons. The number of hydrogen-bond donors (Lipinski definition) is 0. The number of benzene rings is 2. The molecule has 3 aromatic heterocycles. The number of unbranched alkanes of at least 4 members (excludes halogenated alkanes) is 4. The molecule has 2 aromatic carbocycles. The van der Waals surface area contributed by atoms with Gasteiger partial charge in [-0.15, -0.1) is 0 Å². The topological polar surface area (TPSA) is 75.5 Å². The van der Waals surface area contributed by atoms with Crippen LogP contribution in [0.4, 0.5) is 0 Å². The molecule has 0 saturated heterocycles. The van der Waals surface area contributed by atoms with Crippen molar-refractivity contribution in [1.29, 1.82) is 0 Å². The Morgan fingerprint density at radius 1 is 0.842 bits per heavy atom. The molecule has 0 amide bonds. The van der Waals surface area contributed by atoms with E-state index >= 15 is 0 Å². The minimum atomic E-state index is -0.402. The van der Waals surface area contributed by atoms with E-state index in [1.165, 1.54) is 49.3 Å². The second-order valence-electron chi connectivity index (χ2n) is 9.80. The fraction of sp³-hybridized carbons (Fsp3) is 0.367. The average Bonchev–Trinajstić information content (AvgIpc) is 3.48. The van der Waals surface area contributed by atoms with E-state index in [2.05, 4.69) is 31.2 Å². The number of aromatic nitrogens is 5. The fourth-order valence-corrected chi connectivity index (χ4v) is 5.06. The van der Waals surface area contributed by atoms with Gasteiger partial charge in [0.1, 0.15) is 5.75 Å². The van der Waals surface area contributed by atoms with Gasteiger partial charge < -0.3 is 4.74 Å². The van der Waals surface area contributed by atoms with Gasteiger partial charge in [-0.25, -0.2) is 4.79 Å². The van der Waals surface area contributed by atoms with Crippen LogP contribution in [0.3, 0.4) is 0 Å². The van der Waals surface area contributed by atoms with Gasteiger partial charge in [0, 0.05) is 31.5 Å². The maximum atomic E-state index is 13.2. The maximum absolute atomic E-state index is 13.2. The largest absolute Gasteiger partial charge is 0.494 e. The van der Waals surface area contributed by atoms with Gasteiger partial charge in [-0.05, 0) is 49.6 Å². The molecule has 0 aliphatic carbocycles. The van der Waals surface area contributed by atoms with E-state index in [0.29, 0.717) is 23.5 Å². The third kappa shape index (κ3) is 4.55. The summed E-state index contributed by atoms with van der Waals surface area (Å²) >= 11 is 0. The van der Waals surface area contributed by atoms with Gasteiger partial charge >= 0.3 is 5.69 Å². The minimum absolute atomic E-state index is 0.359. The molecule has 0 aliphatic rings. The van der Waals surface area contributed by atoms with E-state index in [9.17, 15) is 9.59 Å². The lowest BCUT2D eigenvalue weighted by Crippen LogP contribution is -2.37. The van der Waals surface area contributed by atoms with Gasteiger partial charge in [0.05, 0.1) is 12.3 Å². The second kappa shape index (κ2) is 10.7. The molecule has 0 atom stereocenters. The lowest BCUT2D eigenvalue weighted by atomic mass is 10.0. The average molecular weight is 514 g/mol. The fourth-order valence-electron chi connectivity index (χ4n) is 5.06. The number of ether oxygens (including phenoxy) is 1. The lowest BCUT2D eigenvalue weighted by molar-refractivity contribution is 0.340. The van der Waals surface area contributed by atoms with E-state index in [4.69, 9.17) is 9.72 Å². The Labute approximate surface area is 221 Å². The van der Waals surface area contributed by atoms with E-state index in [1.807, 2.05) is 42.0 Å². The molecule has 5 aromatic rings. The van der Waals surface area contributed by atoms with Gasteiger partial charge in [-0.2, -0.15) is 4.98 Å². The molecule has 5 rings (SSSR count). The van der Waals surface area contributed by atoms with E-state index in [0.717, 1.165) is 33.7 Å². The maximum Gasteiger partial charge on any atom is 0.332 e. The first-order valence-corrected chi connectivity index (χ1v) is 13.5. The molecule has 0 spiro atoms. The van der Waals surface area contributed by atoms with Crippen molar-refractivity contribution in [2.45, 2.75) is 52.4 Å². The normalized spacial score (nSPS) is 11.6. The van der Waals surface area contributed by atoms with Crippen LogP contribution in [-0.4, -0.2) is 29.7 Å². The van der Waals surface area contributed by atoms with Gasteiger partial charge in [0.2, 0.25) is 5.78 Å². The van der Waals surface area contributed by atoms with Gasteiger partial charge in [-0.3, -0.25) is 22.9 Å². The van der Waals surface area contributed by atoms with Crippen LogP contribution < -0.4 is 16.0 Å². The van der Waals surface area contributed by atoms with E-state index in [-0.39, 0.29) is 5.56 Å². The van der Waals surface area contributed by atoms with Gasteiger partial charge in [-0.1, -0.05) is 56.9 Å². The monoisotopic (exact) mass is 513 g/mol. The van der Waals surface area contributed by atoms with Crippen LogP contribution in [0.1, 0.15) is 51.5 Å². The first kappa shape index (κ1) is 25.6. The van der Waals surface area contributed by atoms with Crippen LogP contribution >= 0.6 is 0 Å². The molecule has 0 aliphatic heterocycles. The number of hydrogen-bond acceptors (Lipinski definition) is 4. The molecule has 0 N–H and O–H groups in total. The third-order valence-corrected chi connectivity index (χ3v) is 7.19. The van der Waals surface area contributed by atoms with Crippen LogP contribution in [0.25, 0.3) is 33.9 Å². The summed E-state index contributed by atoms with van der Waals surface area (Å²) in [6, 6.07) is 16.5. The summed E-state index contributed by atoms with van der Waals surface area (Å²) < 4.78 is 12.0. The van der Waals surface area contributed by atoms with Crippen molar-refractivity contribution >= 4 is 16.9 Å². The zero-order chi connectivity index (χ0) is 26.8. The van der Waals surface area contributed by atoms with Crippen LogP contribution in [0.15, 0.2) is 64.3 Å².